The third kappa shape index (κ3) is 2.60. The summed E-state index contributed by atoms with van der Waals surface area (Å²) in [6.07, 6.45) is 2.43. The van der Waals surface area contributed by atoms with E-state index in [0.717, 1.165) is 6.20 Å². The number of carbonyl (C=O) groups is 1. The first kappa shape index (κ1) is 12.0. The quantitative estimate of drug-likeness (QED) is 0.868. The highest BCUT2D eigenvalue weighted by Crippen LogP contribution is 2.12. The Kier molecular flexibility index (Phi) is 3.47. The molecule has 0 aromatic carbocycles. The molecular formula is C12H11FN4O. The maximum Gasteiger partial charge on any atom is 0.274 e. The molecule has 0 radical (unpaired) electrons. The van der Waals surface area contributed by atoms with Crippen LogP contribution in [0.4, 0.5) is 15.9 Å². The zero-order valence-electron chi connectivity index (χ0n) is 9.64. The molecule has 0 bridgehead atoms. The zero-order valence-corrected chi connectivity index (χ0v) is 9.64. The third-order valence-electron chi connectivity index (χ3n) is 2.26. The van der Waals surface area contributed by atoms with Crippen LogP contribution in [0.15, 0.2) is 36.7 Å². The predicted octanol–water partition coefficient (Wildman–Crippen LogP) is 1.91. The summed E-state index contributed by atoms with van der Waals surface area (Å²) < 4.78 is 13.3. The van der Waals surface area contributed by atoms with Gasteiger partial charge in [-0.1, -0.05) is 6.07 Å². The van der Waals surface area contributed by atoms with Gasteiger partial charge in [-0.2, -0.15) is 0 Å². The molecule has 0 atom stereocenters. The largest absolute Gasteiger partial charge is 0.373 e. The number of aromatic nitrogens is 2. The molecule has 6 heteroatoms. The number of nitrogens with one attached hydrogen (secondary N) is 2. The van der Waals surface area contributed by atoms with Gasteiger partial charge >= 0.3 is 0 Å². The minimum absolute atomic E-state index is 0.0756. The van der Waals surface area contributed by atoms with Crippen molar-refractivity contribution >= 4 is 17.4 Å². The van der Waals surface area contributed by atoms with Crippen molar-refractivity contribution in [3.8, 4) is 0 Å². The summed E-state index contributed by atoms with van der Waals surface area (Å²) >= 11 is 0. The number of nitrogens with zero attached hydrogens (tertiary/aromatic N) is 2. The van der Waals surface area contributed by atoms with Crippen molar-refractivity contribution in [3.63, 3.8) is 0 Å². The molecule has 0 saturated heterocycles. The summed E-state index contributed by atoms with van der Waals surface area (Å²) in [6, 6.07) is 6.35. The lowest BCUT2D eigenvalue weighted by Crippen LogP contribution is -2.15. The molecule has 2 rings (SSSR count). The Hall–Kier alpha value is -2.50. The summed E-state index contributed by atoms with van der Waals surface area (Å²) in [5.41, 5.74) is 0.282. The van der Waals surface area contributed by atoms with Crippen LogP contribution in [0.1, 0.15) is 10.5 Å². The monoisotopic (exact) mass is 246 g/mol. The standard InChI is InChI=1S/C12H11FN4O/c1-14-11-4-2-3-10(16-11)12(18)17-9-5-6-15-7-8(9)13/h2-7H,1H3,(H,14,16)(H,15,17,18). The maximum atomic E-state index is 13.3. The lowest BCUT2D eigenvalue weighted by atomic mass is 10.3. The Bertz CT molecular complexity index is 574. The van der Waals surface area contributed by atoms with E-state index in [1.54, 1.807) is 25.2 Å². The van der Waals surface area contributed by atoms with Gasteiger partial charge in [-0.15, -0.1) is 0 Å². The van der Waals surface area contributed by atoms with Crippen LogP contribution >= 0.6 is 0 Å². The van der Waals surface area contributed by atoms with Crippen LogP contribution in [0.3, 0.4) is 0 Å². The first-order valence-corrected chi connectivity index (χ1v) is 5.26. The van der Waals surface area contributed by atoms with E-state index in [4.69, 9.17) is 0 Å². The second-order valence-electron chi connectivity index (χ2n) is 3.47. The molecule has 92 valence electrons. The number of anilines is 2. The van der Waals surface area contributed by atoms with E-state index in [9.17, 15) is 9.18 Å². The number of amides is 1. The SMILES string of the molecule is CNc1cccc(C(=O)Nc2ccncc2F)n1. The molecule has 0 aliphatic heterocycles. The molecule has 2 heterocycles. The first-order chi connectivity index (χ1) is 8.70. The van der Waals surface area contributed by atoms with E-state index in [1.807, 2.05) is 0 Å². The van der Waals surface area contributed by atoms with Gasteiger partial charge in [-0.3, -0.25) is 9.78 Å². The van der Waals surface area contributed by atoms with Gasteiger partial charge in [0.05, 0.1) is 11.9 Å². The van der Waals surface area contributed by atoms with Crippen molar-refractivity contribution in [1.29, 1.82) is 0 Å². The third-order valence-corrected chi connectivity index (χ3v) is 2.26. The lowest BCUT2D eigenvalue weighted by molar-refractivity contribution is 0.102. The van der Waals surface area contributed by atoms with Crippen LogP contribution in [0.2, 0.25) is 0 Å². The highest BCUT2D eigenvalue weighted by molar-refractivity contribution is 6.03. The summed E-state index contributed by atoms with van der Waals surface area (Å²) in [7, 11) is 1.70. The van der Waals surface area contributed by atoms with Crippen molar-refractivity contribution in [2.75, 3.05) is 17.7 Å². The van der Waals surface area contributed by atoms with Gasteiger partial charge in [0.2, 0.25) is 0 Å². The minimum Gasteiger partial charge on any atom is -0.373 e. The number of carbonyl (C=O) groups excluding carboxylic acids is 1. The fourth-order valence-electron chi connectivity index (χ4n) is 1.36. The molecule has 0 fully saturated rings. The Morgan fingerprint density at radius 3 is 2.89 bits per heavy atom. The topological polar surface area (TPSA) is 66.9 Å². The molecule has 5 nitrogen and oxygen atoms in total. The van der Waals surface area contributed by atoms with Gasteiger partial charge in [-0.25, -0.2) is 9.37 Å². The zero-order chi connectivity index (χ0) is 13.0. The Morgan fingerprint density at radius 1 is 1.33 bits per heavy atom. The van der Waals surface area contributed by atoms with Crippen LogP contribution < -0.4 is 10.6 Å². The molecule has 2 aromatic heterocycles. The van der Waals surface area contributed by atoms with E-state index in [1.165, 1.54) is 12.3 Å². The normalized spacial score (nSPS) is 9.89. The number of pyridine rings is 2. The molecule has 0 saturated carbocycles. The molecule has 2 aromatic rings. The van der Waals surface area contributed by atoms with E-state index in [2.05, 4.69) is 20.6 Å². The molecule has 0 aliphatic rings. The molecule has 2 N–H and O–H groups in total. The van der Waals surface area contributed by atoms with E-state index in [-0.39, 0.29) is 11.4 Å². The van der Waals surface area contributed by atoms with Gasteiger partial charge in [0.1, 0.15) is 11.5 Å². The van der Waals surface area contributed by atoms with Crippen molar-refractivity contribution < 1.29 is 9.18 Å². The van der Waals surface area contributed by atoms with Crippen LogP contribution in [0, 0.1) is 5.82 Å². The number of halogens is 1. The highest BCUT2D eigenvalue weighted by Gasteiger charge is 2.10. The summed E-state index contributed by atoms with van der Waals surface area (Å²) in [5, 5.41) is 5.26. The van der Waals surface area contributed by atoms with E-state index < -0.39 is 11.7 Å². The molecule has 0 aliphatic carbocycles. The van der Waals surface area contributed by atoms with Crippen molar-refractivity contribution in [3.05, 3.63) is 48.2 Å². The van der Waals surface area contributed by atoms with Gasteiger partial charge in [0.25, 0.3) is 5.91 Å². The number of rotatable bonds is 3. The van der Waals surface area contributed by atoms with Crippen LogP contribution in [0.25, 0.3) is 0 Å². The number of hydrogen-bond donors (Lipinski definition) is 2. The van der Waals surface area contributed by atoms with Gasteiger partial charge in [-0.05, 0) is 18.2 Å². The lowest BCUT2D eigenvalue weighted by Gasteiger charge is -2.06. The minimum atomic E-state index is -0.587. The van der Waals surface area contributed by atoms with Gasteiger partial charge < -0.3 is 10.6 Å². The fraction of sp³-hybridized carbons (Fsp3) is 0.0833. The van der Waals surface area contributed by atoms with Crippen LogP contribution in [-0.4, -0.2) is 22.9 Å². The summed E-state index contributed by atoms with van der Waals surface area (Å²) in [5.74, 6) is -0.495. The van der Waals surface area contributed by atoms with E-state index in [0.29, 0.717) is 5.82 Å². The van der Waals surface area contributed by atoms with Crippen LogP contribution in [0.5, 0.6) is 0 Å². The van der Waals surface area contributed by atoms with Gasteiger partial charge in [0.15, 0.2) is 5.82 Å². The van der Waals surface area contributed by atoms with Crippen molar-refractivity contribution in [2.45, 2.75) is 0 Å². The molecule has 0 spiro atoms. The fourth-order valence-corrected chi connectivity index (χ4v) is 1.36. The highest BCUT2D eigenvalue weighted by atomic mass is 19.1. The smallest absolute Gasteiger partial charge is 0.274 e. The molecular weight excluding hydrogens is 235 g/mol. The molecule has 1 amide bonds. The van der Waals surface area contributed by atoms with Gasteiger partial charge in [0, 0.05) is 13.2 Å². The maximum absolute atomic E-state index is 13.3. The van der Waals surface area contributed by atoms with E-state index >= 15 is 0 Å². The molecule has 0 unspecified atom stereocenters. The Morgan fingerprint density at radius 2 is 2.17 bits per heavy atom. The van der Waals surface area contributed by atoms with Crippen molar-refractivity contribution in [1.82, 2.24) is 9.97 Å². The second-order valence-corrected chi connectivity index (χ2v) is 3.47. The van der Waals surface area contributed by atoms with Crippen molar-refractivity contribution in [2.24, 2.45) is 0 Å². The summed E-state index contributed by atoms with van der Waals surface area (Å²) in [6.45, 7) is 0. The number of hydrogen-bond acceptors (Lipinski definition) is 4. The average Bonchev–Trinajstić information content (AvgIpc) is 2.41. The predicted molar refractivity (Wildman–Crippen MR) is 65.9 cm³/mol. The first-order valence-electron chi connectivity index (χ1n) is 5.26. The van der Waals surface area contributed by atoms with Crippen LogP contribution in [-0.2, 0) is 0 Å². The Labute approximate surface area is 103 Å². The molecule has 18 heavy (non-hydrogen) atoms. The summed E-state index contributed by atoms with van der Waals surface area (Å²) in [4.78, 5) is 19.5. The second kappa shape index (κ2) is 5.22. The average molecular weight is 246 g/mol. The Balaban J connectivity index is 2.19.